The minimum atomic E-state index is -0.320. The molecule has 0 atom stereocenters. The van der Waals surface area contributed by atoms with E-state index in [4.69, 9.17) is 0 Å². The number of aromatic nitrogens is 3. The Hall–Kier alpha value is -2.04. The van der Waals surface area contributed by atoms with Crippen molar-refractivity contribution in [1.82, 2.24) is 15.0 Å². The number of carbonyl (C=O) groups is 1. The number of hydrogen-bond donors (Lipinski definition) is 0. The summed E-state index contributed by atoms with van der Waals surface area (Å²) in [5.41, 5.74) is 1.76. The van der Waals surface area contributed by atoms with Gasteiger partial charge in [-0.3, -0.25) is 4.79 Å². The van der Waals surface area contributed by atoms with Gasteiger partial charge in [-0.1, -0.05) is 43.4 Å². The number of rotatable bonds is 5. The summed E-state index contributed by atoms with van der Waals surface area (Å²) in [4.78, 5) is 11.2. The highest BCUT2D eigenvalue weighted by molar-refractivity contribution is 5.73. The summed E-state index contributed by atoms with van der Waals surface area (Å²) in [5.74, 6) is 0.392. The Morgan fingerprint density at radius 1 is 1.27 bits per heavy atom. The molecule has 116 valence electrons. The summed E-state index contributed by atoms with van der Waals surface area (Å²) >= 11 is 0. The fraction of sp³-hybridized carbons (Fsp3) is 0.471. The predicted molar refractivity (Wildman–Crippen MR) is 81.6 cm³/mol. The topological polar surface area (TPSA) is 47.8 Å². The number of carbonyl (C=O) groups excluding carboxylic acids is 1. The highest BCUT2D eigenvalue weighted by Crippen LogP contribution is 2.28. The van der Waals surface area contributed by atoms with Gasteiger partial charge in [-0.15, -0.1) is 5.10 Å². The molecule has 0 amide bonds. The molecule has 1 saturated carbocycles. The van der Waals surface area contributed by atoms with Gasteiger partial charge in [0.15, 0.2) is 6.29 Å². The number of nitrogens with zero attached hydrogens (tertiary/aromatic N) is 3. The minimum Gasteiger partial charge on any atom is -0.296 e. The van der Waals surface area contributed by atoms with Crippen molar-refractivity contribution in [2.75, 3.05) is 0 Å². The van der Waals surface area contributed by atoms with Gasteiger partial charge < -0.3 is 0 Å². The molecule has 1 aliphatic rings. The third-order valence-corrected chi connectivity index (χ3v) is 4.47. The monoisotopic (exact) mass is 301 g/mol. The quantitative estimate of drug-likeness (QED) is 0.791. The van der Waals surface area contributed by atoms with Crippen molar-refractivity contribution < 1.29 is 9.18 Å². The van der Waals surface area contributed by atoms with Crippen LogP contribution in [0, 0.1) is 11.7 Å². The molecule has 1 aromatic heterocycles. The molecule has 4 nitrogen and oxygen atoms in total. The number of benzene rings is 1. The summed E-state index contributed by atoms with van der Waals surface area (Å²) in [6, 6.07) is 6.21. The van der Waals surface area contributed by atoms with E-state index in [-0.39, 0.29) is 5.82 Å². The molecule has 0 bridgehead atoms. The maximum Gasteiger partial charge on any atom is 0.172 e. The van der Waals surface area contributed by atoms with Crippen LogP contribution in [-0.4, -0.2) is 21.3 Å². The van der Waals surface area contributed by atoms with Crippen molar-refractivity contribution in [3.05, 3.63) is 41.5 Å². The minimum absolute atomic E-state index is 0.320. The summed E-state index contributed by atoms with van der Waals surface area (Å²) < 4.78 is 15.0. The molecular weight excluding hydrogens is 281 g/mol. The zero-order chi connectivity index (χ0) is 15.4. The van der Waals surface area contributed by atoms with Crippen LogP contribution in [0.5, 0.6) is 0 Å². The first-order valence-corrected chi connectivity index (χ1v) is 7.93. The SMILES string of the molecule is O=Cc1nnn(-c2cccc(F)c2)c1CCC1CCCCC1. The molecule has 0 unspecified atom stereocenters. The van der Waals surface area contributed by atoms with Crippen LogP contribution in [0.4, 0.5) is 4.39 Å². The lowest BCUT2D eigenvalue weighted by atomic mass is 9.85. The van der Waals surface area contributed by atoms with E-state index in [0.29, 0.717) is 17.3 Å². The molecule has 0 saturated heterocycles. The first-order valence-electron chi connectivity index (χ1n) is 7.93. The van der Waals surface area contributed by atoms with Crippen LogP contribution in [0.25, 0.3) is 5.69 Å². The zero-order valence-corrected chi connectivity index (χ0v) is 12.5. The third-order valence-electron chi connectivity index (χ3n) is 4.47. The van der Waals surface area contributed by atoms with Crippen LogP contribution >= 0.6 is 0 Å². The molecule has 3 rings (SSSR count). The fourth-order valence-corrected chi connectivity index (χ4v) is 3.27. The van der Waals surface area contributed by atoms with Gasteiger partial charge in [0, 0.05) is 0 Å². The molecule has 1 aliphatic carbocycles. The molecule has 1 fully saturated rings. The van der Waals surface area contributed by atoms with Gasteiger partial charge in [-0.2, -0.15) is 0 Å². The second-order valence-electron chi connectivity index (χ2n) is 5.97. The first kappa shape index (κ1) is 14.9. The van der Waals surface area contributed by atoms with E-state index in [9.17, 15) is 9.18 Å². The van der Waals surface area contributed by atoms with Crippen molar-refractivity contribution in [3.63, 3.8) is 0 Å². The first-order chi connectivity index (χ1) is 10.8. The second-order valence-corrected chi connectivity index (χ2v) is 5.97. The molecule has 0 spiro atoms. The molecule has 0 aliphatic heterocycles. The maximum absolute atomic E-state index is 13.4. The molecule has 1 heterocycles. The fourth-order valence-electron chi connectivity index (χ4n) is 3.27. The van der Waals surface area contributed by atoms with Crippen molar-refractivity contribution in [2.45, 2.75) is 44.9 Å². The number of hydrogen-bond acceptors (Lipinski definition) is 3. The Morgan fingerprint density at radius 3 is 2.82 bits per heavy atom. The Labute approximate surface area is 129 Å². The zero-order valence-electron chi connectivity index (χ0n) is 12.5. The molecule has 1 aromatic carbocycles. The lowest BCUT2D eigenvalue weighted by Gasteiger charge is -2.21. The molecule has 0 radical (unpaired) electrons. The highest BCUT2D eigenvalue weighted by Gasteiger charge is 2.18. The van der Waals surface area contributed by atoms with Crippen molar-refractivity contribution in [3.8, 4) is 5.69 Å². The van der Waals surface area contributed by atoms with Gasteiger partial charge in [0.1, 0.15) is 11.5 Å². The molecule has 5 heteroatoms. The molecule has 22 heavy (non-hydrogen) atoms. The van der Waals surface area contributed by atoms with Crippen LogP contribution in [0.15, 0.2) is 24.3 Å². The third kappa shape index (κ3) is 3.24. The maximum atomic E-state index is 13.4. The van der Waals surface area contributed by atoms with E-state index >= 15 is 0 Å². The van der Waals surface area contributed by atoms with Crippen LogP contribution in [0.2, 0.25) is 0 Å². The Balaban J connectivity index is 1.82. The second kappa shape index (κ2) is 6.81. The van der Waals surface area contributed by atoms with Crippen LogP contribution < -0.4 is 0 Å². The molecule has 0 N–H and O–H groups in total. The molecule has 2 aromatic rings. The van der Waals surface area contributed by atoms with E-state index in [2.05, 4.69) is 10.3 Å². The summed E-state index contributed by atoms with van der Waals surface area (Å²) in [6.45, 7) is 0. The van der Waals surface area contributed by atoms with Crippen molar-refractivity contribution in [2.24, 2.45) is 5.92 Å². The van der Waals surface area contributed by atoms with E-state index in [1.54, 1.807) is 16.8 Å². The number of aldehydes is 1. The lowest BCUT2D eigenvalue weighted by molar-refractivity contribution is 0.111. The van der Waals surface area contributed by atoms with Gasteiger partial charge >= 0.3 is 0 Å². The Morgan fingerprint density at radius 2 is 2.09 bits per heavy atom. The molecular formula is C17H20FN3O. The van der Waals surface area contributed by atoms with Gasteiger partial charge in [0.05, 0.1) is 11.4 Å². The Kier molecular flexibility index (Phi) is 4.61. The summed E-state index contributed by atoms with van der Waals surface area (Å²) in [7, 11) is 0. The average Bonchev–Trinajstić information content (AvgIpc) is 2.97. The smallest absolute Gasteiger partial charge is 0.172 e. The predicted octanol–water partition coefficient (Wildman–Crippen LogP) is 3.73. The van der Waals surface area contributed by atoms with Crippen LogP contribution in [0.1, 0.15) is 54.7 Å². The van der Waals surface area contributed by atoms with E-state index in [1.165, 1.54) is 44.2 Å². The largest absolute Gasteiger partial charge is 0.296 e. The van der Waals surface area contributed by atoms with E-state index in [1.807, 2.05) is 0 Å². The van der Waals surface area contributed by atoms with Crippen LogP contribution in [-0.2, 0) is 6.42 Å². The van der Waals surface area contributed by atoms with E-state index < -0.39 is 0 Å². The summed E-state index contributed by atoms with van der Waals surface area (Å²) in [6.07, 6.45) is 8.97. The van der Waals surface area contributed by atoms with Crippen LogP contribution in [0.3, 0.4) is 0 Å². The normalized spacial score (nSPS) is 15.9. The highest BCUT2D eigenvalue weighted by atomic mass is 19.1. The van der Waals surface area contributed by atoms with Gasteiger partial charge in [0.25, 0.3) is 0 Å². The van der Waals surface area contributed by atoms with Gasteiger partial charge in [-0.05, 0) is 37.0 Å². The van der Waals surface area contributed by atoms with Crippen molar-refractivity contribution >= 4 is 6.29 Å². The van der Waals surface area contributed by atoms with Gasteiger partial charge in [-0.25, -0.2) is 9.07 Å². The lowest BCUT2D eigenvalue weighted by Crippen LogP contribution is -2.10. The van der Waals surface area contributed by atoms with E-state index in [0.717, 1.165) is 24.8 Å². The Bertz CT molecular complexity index is 647. The number of halogens is 1. The van der Waals surface area contributed by atoms with Crippen molar-refractivity contribution in [1.29, 1.82) is 0 Å². The van der Waals surface area contributed by atoms with Gasteiger partial charge in [0.2, 0.25) is 0 Å². The standard InChI is InChI=1S/C17H20FN3O/c18-14-7-4-8-15(11-14)21-17(16(12-22)19-20-21)10-9-13-5-2-1-3-6-13/h4,7-8,11-13H,1-3,5-6,9-10H2. The summed E-state index contributed by atoms with van der Waals surface area (Å²) in [5, 5.41) is 7.96. The average molecular weight is 301 g/mol.